The van der Waals surface area contributed by atoms with Crippen LogP contribution in [0.3, 0.4) is 0 Å². The van der Waals surface area contributed by atoms with Crippen molar-refractivity contribution in [3.63, 3.8) is 0 Å². The summed E-state index contributed by atoms with van der Waals surface area (Å²) in [5.41, 5.74) is 2.17. The molecule has 0 atom stereocenters. The van der Waals surface area contributed by atoms with E-state index in [4.69, 9.17) is 0 Å². The van der Waals surface area contributed by atoms with Gasteiger partial charge < -0.3 is 5.32 Å². The van der Waals surface area contributed by atoms with Gasteiger partial charge in [-0.05, 0) is 55.8 Å². The van der Waals surface area contributed by atoms with E-state index in [1.165, 1.54) is 18.5 Å². The number of amides is 1. The zero-order valence-electron chi connectivity index (χ0n) is 15.1. The summed E-state index contributed by atoms with van der Waals surface area (Å²) in [6, 6.07) is 11.5. The second-order valence-corrected chi connectivity index (χ2v) is 8.66. The van der Waals surface area contributed by atoms with Gasteiger partial charge in [0, 0.05) is 22.0 Å². The molecule has 0 aliphatic carbocycles. The first-order chi connectivity index (χ1) is 13.2. The van der Waals surface area contributed by atoms with Crippen LogP contribution in [0.25, 0.3) is 0 Å². The van der Waals surface area contributed by atoms with Gasteiger partial charge in [0.05, 0.1) is 16.8 Å². The van der Waals surface area contributed by atoms with Gasteiger partial charge in [0.1, 0.15) is 5.69 Å². The molecule has 0 radical (unpaired) electrons. The maximum atomic E-state index is 12.8. The molecule has 0 spiro atoms. The van der Waals surface area contributed by atoms with Gasteiger partial charge >= 0.3 is 0 Å². The van der Waals surface area contributed by atoms with Gasteiger partial charge in [-0.3, -0.25) is 14.5 Å². The minimum absolute atomic E-state index is 0.0724. The number of halogens is 1. The largest absolute Gasteiger partial charge is 0.321 e. The highest BCUT2D eigenvalue weighted by Gasteiger charge is 2.18. The molecule has 0 unspecified atom stereocenters. The number of anilines is 2. The first kappa shape index (κ1) is 20.0. The summed E-state index contributed by atoms with van der Waals surface area (Å²) in [5.74, 6) is -0.472. The lowest BCUT2D eigenvalue weighted by Crippen LogP contribution is -2.17. The Morgan fingerprint density at radius 1 is 0.964 bits per heavy atom. The van der Waals surface area contributed by atoms with Crippen molar-refractivity contribution in [2.45, 2.75) is 18.7 Å². The Kier molecular flexibility index (Phi) is 5.76. The van der Waals surface area contributed by atoms with Crippen LogP contribution in [0.1, 0.15) is 21.7 Å². The maximum absolute atomic E-state index is 12.8. The highest BCUT2D eigenvalue weighted by atomic mass is 79.9. The molecule has 2 N–H and O–H groups in total. The van der Waals surface area contributed by atoms with Gasteiger partial charge in [0.2, 0.25) is 0 Å². The first-order valence-corrected chi connectivity index (χ1v) is 10.5. The molecule has 9 heteroatoms. The minimum atomic E-state index is -3.83. The molecule has 0 fully saturated rings. The second-order valence-electron chi connectivity index (χ2n) is 6.09. The minimum Gasteiger partial charge on any atom is -0.321 e. The van der Waals surface area contributed by atoms with E-state index in [2.05, 4.69) is 35.9 Å². The Hall–Kier alpha value is -2.78. The molecule has 3 aromatic rings. The van der Waals surface area contributed by atoms with E-state index in [0.29, 0.717) is 22.6 Å². The Bertz CT molecular complexity index is 1110. The summed E-state index contributed by atoms with van der Waals surface area (Å²) >= 11 is 3.31. The number of carbonyl (C=O) groups is 1. The summed E-state index contributed by atoms with van der Waals surface area (Å²) < 4.78 is 29.0. The van der Waals surface area contributed by atoms with Crippen molar-refractivity contribution >= 4 is 43.2 Å². The average Bonchev–Trinajstić information content (AvgIpc) is 2.65. The molecule has 3 rings (SSSR count). The van der Waals surface area contributed by atoms with Crippen LogP contribution in [0.2, 0.25) is 0 Å². The summed E-state index contributed by atoms with van der Waals surface area (Å²) in [4.78, 5) is 20.4. The van der Waals surface area contributed by atoms with Crippen molar-refractivity contribution in [1.29, 1.82) is 0 Å². The predicted molar refractivity (Wildman–Crippen MR) is 111 cm³/mol. The van der Waals surface area contributed by atoms with Crippen LogP contribution in [0.15, 0.2) is 64.2 Å². The lowest BCUT2D eigenvalue weighted by Gasteiger charge is -2.13. The van der Waals surface area contributed by atoms with E-state index in [0.717, 1.165) is 4.47 Å². The predicted octanol–water partition coefficient (Wildman–Crippen LogP) is 3.91. The van der Waals surface area contributed by atoms with Gasteiger partial charge in [-0.2, -0.15) is 0 Å². The number of aromatic nitrogens is 2. The monoisotopic (exact) mass is 460 g/mol. The quantitative estimate of drug-likeness (QED) is 0.600. The number of nitrogens with zero attached hydrogens (tertiary/aromatic N) is 2. The van der Waals surface area contributed by atoms with E-state index >= 15 is 0 Å². The molecular weight excluding hydrogens is 444 g/mol. The lowest BCUT2D eigenvalue weighted by atomic mass is 10.2. The van der Waals surface area contributed by atoms with Crippen molar-refractivity contribution in [2.75, 3.05) is 10.0 Å². The molecule has 28 heavy (non-hydrogen) atoms. The molecular formula is C19H17BrN4O3S. The molecule has 0 saturated heterocycles. The fraction of sp³-hybridized carbons (Fsp3) is 0.105. The van der Waals surface area contributed by atoms with Crippen molar-refractivity contribution in [3.8, 4) is 0 Å². The summed E-state index contributed by atoms with van der Waals surface area (Å²) in [6.45, 7) is 3.46. The van der Waals surface area contributed by atoms with Crippen LogP contribution in [0.4, 0.5) is 11.4 Å². The fourth-order valence-electron chi connectivity index (χ4n) is 2.40. The van der Waals surface area contributed by atoms with E-state index < -0.39 is 15.9 Å². The van der Waals surface area contributed by atoms with Gasteiger partial charge in [-0.1, -0.05) is 22.0 Å². The Balaban J connectivity index is 1.85. The topological polar surface area (TPSA) is 101 Å². The SMILES string of the molecule is Cc1cnc(C(=O)Nc2ccc(C)c(S(=O)(=O)Nc3ccc(Br)cc3)c2)cn1. The molecule has 1 amide bonds. The molecule has 0 saturated carbocycles. The number of sulfonamides is 1. The summed E-state index contributed by atoms with van der Waals surface area (Å²) in [6.07, 6.45) is 2.85. The van der Waals surface area contributed by atoms with Crippen LogP contribution in [0, 0.1) is 13.8 Å². The summed E-state index contributed by atoms with van der Waals surface area (Å²) in [7, 11) is -3.83. The van der Waals surface area contributed by atoms with E-state index in [-0.39, 0.29) is 10.6 Å². The van der Waals surface area contributed by atoms with Crippen molar-refractivity contribution < 1.29 is 13.2 Å². The molecule has 1 heterocycles. The normalized spacial score (nSPS) is 11.1. The van der Waals surface area contributed by atoms with Crippen LogP contribution < -0.4 is 10.0 Å². The molecule has 0 bridgehead atoms. The van der Waals surface area contributed by atoms with Crippen molar-refractivity contribution in [3.05, 3.63) is 76.3 Å². The number of benzene rings is 2. The van der Waals surface area contributed by atoms with E-state index in [9.17, 15) is 13.2 Å². The lowest BCUT2D eigenvalue weighted by molar-refractivity contribution is 0.102. The van der Waals surface area contributed by atoms with Gasteiger partial charge in [0.15, 0.2) is 0 Å². The van der Waals surface area contributed by atoms with E-state index in [1.54, 1.807) is 50.2 Å². The van der Waals surface area contributed by atoms with Crippen LogP contribution in [-0.4, -0.2) is 24.3 Å². The molecule has 1 aromatic heterocycles. The number of hydrogen-bond donors (Lipinski definition) is 2. The van der Waals surface area contributed by atoms with Gasteiger partial charge in [-0.15, -0.1) is 0 Å². The third-order valence-corrected chi connectivity index (χ3v) is 5.90. The third-order valence-electron chi connectivity index (χ3n) is 3.85. The number of nitrogens with one attached hydrogen (secondary N) is 2. The third kappa shape index (κ3) is 4.73. The molecule has 7 nitrogen and oxygen atoms in total. The molecule has 2 aromatic carbocycles. The number of hydrogen-bond acceptors (Lipinski definition) is 5. The highest BCUT2D eigenvalue weighted by molar-refractivity contribution is 9.10. The number of aryl methyl sites for hydroxylation is 2. The first-order valence-electron chi connectivity index (χ1n) is 8.24. The Morgan fingerprint density at radius 2 is 1.64 bits per heavy atom. The number of carbonyl (C=O) groups excluding carboxylic acids is 1. The summed E-state index contributed by atoms with van der Waals surface area (Å²) in [5, 5.41) is 2.65. The maximum Gasteiger partial charge on any atom is 0.275 e. The van der Waals surface area contributed by atoms with Crippen LogP contribution >= 0.6 is 15.9 Å². The Morgan fingerprint density at radius 3 is 2.29 bits per heavy atom. The number of rotatable bonds is 5. The standard InChI is InChI=1S/C19H17BrN4O3S/c1-12-3-6-16(23-19(25)17-11-21-13(2)10-22-17)9-18(12)28(26,27)24-15-7-4-14(20)5-8-15/h3-11,24H,1-2H3,(H,23,25). The van der Waals surface area contributed by atoms with Crippen LogP contribution in [0.5, 0.6) is 0 Å². The highest BCUT2D eigenvalue weighted by Crippen LogP contribution is 2.24. The van der Waals surface area contributed by atoms with Crippen LogP contribution in [-0.2, 0) is 10.0 Å². The molecule has 0 aliphatic rings. The molecule has 144 valence electrons. The van der Waals surface area contributed by atoms with E-state index in [1.807, 2.05) is 0 Å². The van der Waals surface area contributed by atoms with Gasteiger partial charge in [-0.25, -0.2) is 13.4 Å². The Labute approximate surface area is 171 Å². The van der Waals surface area contributed by atoms with Crippen molar-refractivity contribution in [1.82, 2.24) is 9.97 Å². The zero-order chi connectivity index (χ0) is 20.3. The fourth-order valence-corrected chi connectivity index (χ4v) is 4.00. The van der Waals surface area contributed by atoms with Gasteiger partial charge in [0.25, 0.3) is 15.9 Å². The molecule has 0 aliphatic heterocycles. The average molecular weight is 461 g/mol. The van der Waals surface area contributed by atoms with Crippen molar-refractivity contribution in [2.24, 2.45) is 0 Å². The zero-order valence-corrected chi connectivity index (χ0v) is 17.5. The smallest absolute Gasteiger partial charge is 0.275 e. The second kappa shape index (κ2) is 8.07.